The molecule has 4 rings (SSSR count). The molecule has 1 unspecified atom stereocenters. The van der Waals surface area contributed by atoms with Gasteiger partial charge in [0.15, 0.2) is 17.7 Å². The lowest BCUT2D eigenvalue weighted by Gasteiger charge is -2.16. The van der Waals surface area contributed by atoms with Gasteiger partial charge in [-0.2, -0.15) is 16.8 Å². The number of aliphatic hydroxyl groups excluding tert-OH is 2. The first-order chi connectivity index (χ1) is 21.8. The highest BCUT2D eigenvalue weighted by molar-refractivity contribution is 7.96. The van der Waals surface area contributed by atoms with Gasteiger partial charge in [-0.25, -0.2) is 23.4 Å². The fourth-order valence-electron chi connectivity index (χ4n) is 3.67. The number of benzene rings is 1. The van der Waals surface area contributed by atoms with Gasteiger partial charge in [-0.05, 0) is 30.0 Å². The van der Waals surface area contributed by atoms with Crippen LogP contribution in [0.3, 0.4) is 0 Å². The Morgan fingerprint density at radius 2 is 1.52 bits per heavy atom. The maximum absolute atomic E-state index is 10.8. The summed E-state index contributed by atoms with van der Waals surface area (Å²) >= 11 is 0. The molecule has 3 heterocycles. The van der Waals surface area contributed by atoms with Crippen molar-refractivity contribution >= 4 is 64.8 Å². The maximum Gasteiger partial charge on any atom is 0.394 e. The molecule has 0 radical (unpaired) electrons. The molecular weight excluding hydrogens is 733 g/mol. The predicted octanol–water partition coefficient (Wildman–Crippen LogP) is -2.33. The molecule has 0 bridgehead atoms. The summed E-state index contributed by atoms with van der Waals surface area (Å²) in [5.74, 6) is 0.254. The predicted molar refractivity (Wildman–Crippen MR) is 166 cm³/mol. The van der Waals surface area contributed by atoms with E-state index in [0.717, 1.165) is 5.56 Å². The molecule has 0 saturated carbocycles. The van der Waals surface area contributed by atoms with Gasteiger partial charge in [-0.1, -0.05) is 17.7 Å². The molecular formula is C22H34N6O16S4. The average Bonchev–Trinajstić information content (AvgIpc) is 3.47. The number of fused-ring (bicyclic) bond motifs is 1. The zero-order chi connectivity index (χ0) is 37.2. The number of aliphatic carboxylic acids is 1. The van der Waals surface area contributed by atoms with Crippen LogP contribution in [0.4, 0.5) is 5.82 Å². The lowest BCUT2D eigenvalue weighted by Crippen LogP contribution is -2.37. The van der Waals surface area contributed by atoms with Crippen LogP contribution in [0.1, 0.15) is 18.2 Å². The van der Waals surface area contributed by atoms with E-state index in [1.807, 2.05) is 13.2 Å². The third kappa shape index (κ3) is 15.9. The number of aromatic nitrogens is 4. The number of hydrogen-bond donors (Lipinski definition) is 9. The summed E-state index contributed by atoms with van der Waals surface area (Å²) in [6, 6.07) is 4.88. The third-order valence-electron chi connectivity index (χ3n) is 5.85. The lowest BCUT2D eigenvalue weighted by atomic mass is 10.1. The molecule has 6 atom stereocenters. The standard InChI is InChI=1S/C15H22N6O5S.C7H8O3S.2H2O4S/c1-27(3-2-7(16)15(24)25)4-8-10(22)11(23)14(26-8)21-6-20-9-12(17)18-5-19-13(9)21;1-6-2-4-7(5-3-6)11(8,9)10;2*1-5(2,3)4/h5-8,10-11,14,22-23H,2-4,16H2,1H3,(H2-,17,18,19,24,25);2-5H,1H3,(H,8,9,10);2*(H2,1,2,3,4)/t7-,8+,10+,11+,14+,27?;;;/m0.../s1. The average molecular weight is 767 g/mol. The summed E-state index contributed by atoms with van der Waals surface area (Å²) in [5, 5.41) is 29.7. The van der Waals surface area contributed by atoms with E-state index in [9.17, 15) is 28.0 Å². The van der Waals surface area contributed by atoms with Crippen LogP contribution in [0.15, 0.2) is 41.8 Å². The first kappa shape index (κ1) is 42.9. The molecule has 3 aromatic rings. The van der Waals surface area contributed by atoms with E-state index in [-0.39, 0.29) is 21.6 Å². The summed E-state index contributed by atoms with van der Waals surface area (Å²) in [4.78, 5) is 22.8. The van der Waals surface area contributed by atoms with Crippen molar-refractivity contribution in [3.63, 3.8) is 0 Å². The van der Waals surface area contributed by atoms with Crippen molar-refractivity contribution in [3.05, 3.63) is 42.5 Å². The first-order valence-corrected chi connectivity index (χ1v) is 18.9. The Hall–Kier alpha value is -3.12. The summed E-state index contributed by atoms with van der Waals surface area (Å²) < 4.78 is 102. The molecule has 26 heteroatoms. The van der Waals surface area contributed by atoms with Crippen molar-refractivity contribution in [2.24, 2.45) is 5.73 Å². The van der Waals surface area contributed by atoms with Crippen LogP contribution in [0.25, 0.3) is 11.2 Å². The van der Waals surface area contributed by atoms with Crippen LogP contribution in [0.5, 0.6) is 0 Å². The highest BCUT2D eigenvalue weighted by Crippen LogP contribution is 2.32. The topological polar surface area (TPSA) is 389 Å². The van der Waals surface area contributed by atoms with Gasteiger partial charge in [0.25, 0.3) is 0 Å². The minimum Gasteiger partial charge on any atom is -0.744 e. The second-order valence-electron chi connectivity index (χ2n) is 9.68. The molecule has 0 amide bonds. The van der Waals surface area contributed by atoms with Crippen LogP contribution >= 0.6 is 0 Å². The molecule has 1 aliphatic rings. The second-order valence-corrected chi connectivity index (χ2v) is 15.2. The van der Waals surface area contributed by atoms with E-state index in [4.69, 9.17) is 56.4 Å². The third-order valence-corrected chi connectivity index (χ3v) is 8.53. The Morgan fingerprint density at radius 3 is 2.00 bits per heavy atom. The molecule has 272 valence electrons. The van der Waals surface area contributed by atoms with E-state index in [1.165, 1.54) is 29.4 Å². The van der Waals surface area contributed by atoms with Crippen molar-refractivity contribution in [2.45, 2.75) is 48.8 Å². The number of carboxylic acid groups (broad SMARTS) is 1. The Bertz CT molecular complexity index is 1780. The zero-order valence-electron chi connectivity index (χ0n) is 24.9. The van der Waals surface area contributed by atoms with Gasteiger partial charge in [0.1, 0.15) is 57.8 Å². The summed E-state index contributed by atoms with van der Waals surface area (Å²) in [6.07, 6.45) is 1.31. The summed E-state index contributed by atoms with van der Waals surface area (Å²) in [7, 11) is -13.8. The number of carbonyl (C=O) groups is 1. The Balaban J connectivity index is 0.000000447. The second kappa shape index (κ2) is 18.0. The number of nitrogens with zero attached hydrogens (tertiary/aromatic N) is 4. The monoisotopic (exact) mass is 766 g/mol. The van der Waals surface area contributed by atoms with Gasteiger partial charge in [0.05, 0.1) is 17.5 Å². The van der Waals surface area contributed by atoms with Crippen molar-refractivity contribution in [1.29, 1.82) is 0 Å². The fourth-order valence-corrected chi connectivity index (χ4v) is 5.80. The smallest absolute Gasteiger partial charge is 0.394 e. The van der Waals surface area contributed by atoms with Crippen molar-refractivity contribution < 1.29 is 72.9 Å². The number of nitrogen functional groups attached to an aromatic ring is 1. The Kier molecular flexibility index (Phi) is 16.1. The first-order valence-electron chi connectivity index (χ1n) is 12.7. The molecule has 1 fully saturated rings. The van der Waals surface area contributed by atoms with E-state index in [2.05, 4.69) is 15.0 Å². The Morgan fingerprint density at radius 1 is 1.00 bits per heavy atom. The zero-order valence-corrected chi connectivity index (χ0v) is 28.1. The highest BCUT2D eigenvalue weighted by atomic mass is 32.3. The number of nitrogens with two attached hydrogens (primary N) is 2. The number of aryl methyl sites for hydroxylation is 1. The number of imidazole rings is 1. The van der Waals surface area contributed by atoms with Gasteiger partial charge in [0, 0.05) is 6.42 Å². The quantitative estimate of drug-likeness (QED) is 0.0857. The SMILES string of the molecule is C[S+](CC[C@H](N)C(=O)O)C[C@H]1O[C@@H](n2cnc3c(N)ncnc32)[C@H](O)[C@@H]1O.Cc1ccc(S(=O)(=O)[O-])cc1.O=S(=O)(O)O.O=S(=O)(O)O. The number of hydrogen-bond acceptors (Lipinski definition) is 16. The van der Waals surface area contributed by atoms with Gasteiger partial charge in [0.2, 0.25) is 0 Å². The van der Waals surface area contributed by atoms with Crippen LogP contribution in [0, 0.1) is 6.92 Å². The number of aliphatic hydroxyl groups is 2. The Labute approximate surface area is 277 Å². The number of anilines is 1. The van der Waals surface area contributed by atoms with Crippen LogP contribution in [0.2, 0.25) is 0 Å². The normalized spacial score (nSPS) is 20.6. The maximum atomic E-state index is 10.8. The largest absolute Gasteiger partial charge is 0.744 e. The van der Waals surface area contributed by atoms with Gasteiger partial charge < -0.3 is 36.1 Å². The molecule has 0 aliphatic carbocycles. The molecule has 48 heavy (non-hydrogen) atoms. The van der Waals surface area contributed by atoms with Gasteiger partial charge in [-0.15, -0.1) is 0 Å². The van der Waals surface area contributed by atoms with Crippen LogP contribution < -0.4 is 11.5 Å². The van der Waals surface area contributed by atoms with E-state index >= 15 is 0 Å². The number of rotatable bonds is 8. The molecule has 11 N–H and O–H groups in total. The summed E-state index contributed by atoms with van der Waals surface area (Å²) in [5.41, 5.74) is 13.0. The molecule has 0 spiro atoms. The minimum atomic E-state index is -4.67. The molecule has 1 aromatic carbocycles. The van der Waals surface area contributed by atoms with E-state index < -0.39 is 67.5 Å². The summed E-state index contributed by atoms with van der Waals surface area (Å²) in [6.45, 7) is 1.82. The molecule has 1 aliphatic heterocycles. The number of ether oxygens (including phenoxy) is 1. The lowest BCUT2D eigenvalue weighted by molar-refractivity contribution is -0.138. The fraction of sp³-hybridized carbons (Fsp3) is 0.455. The molecule has 1 saturated heterocycles. The van der Waals surface area contributed by atoms with Crippen molar-refractivity contribution in [2.75, 3.05) is 23.5 Å². The van der Waals surface area contributed by atoms with Crippen LogP contribution in [-0.4, -0.2) is 131 Å². The van der Waals surface area contributed by atoms with E-state index in [1.54, 1.807) is 12.1 Å². The number of carboxylic acids is 1. The van der Waals surface area contributed by atoms with E-state index in [0.29, 0.717) is 29.1 Å². The van der Waals surface area contributed by atoms with Crippen LogP contribution in [-0.2, 0) is 51.3 Å². The minimum absolute atomic E-state index is 0.178. The highest BCUT2D eigenvalue weighted by Gasteiger charge is 2.46. The molecule has 2 aromatic heterocycles. The van der Waals surface area contributed by atoms with Crippen molar-refractivity contribution in [3.8, 4) is 0 Å². The van der Waals surface area contributed by atoms with Crippen molar-refractivity contribution in [1.82, 2.24) is 19.5 Å². The van der Waals surface area contributed by atoms with Gasteiger partial charge in [-0.3, -0.25) is 27.6 Å². The molecule has 22 nitrogen and oxygen atoms in total. The van der Waals surface area contributed by atoms with Gasteiger partial charge >= 0.3 is 26.8 Å².